The van der Waals surface area contributed by atoms with Crippen molar-refractivity contribution in [3.05, 3.63) is 33.8 Å². The molecular formula is C15H25Cl2N3. The summed E-state index contributed by atoms with van der Waals surface area (Å²) < 4.78 is 0. The summed E-state index contributed by atoms with van der Waals surface area (Å²) in [7, 11) is 0. The normalized spacial score (nSPS) is 16.2. The summed E-state index contributed by atoms with van der Waals surface area (Å²) in [6.45, 7) is 10.7. The zero-order chi connectivity index (χ0) is 15.3. The first-order valence-corrected chi connectivity index (χ1v) is 7.86. The van der Waals surface area contributed by atoms with Gasteiger partial charge in [0.25, 0.3) is 0 Å². The fraction of sp³-hybridized carbons (Fsp3) is 0.600. The van der Waals surface area contributed by atoms with Crippen molar-refractivity contribution in [3.63, 3.8) is 0 Å². The maximum atomic E-state index is 6.14. The van der Waals surface area contributed by atoms with Gasteiger partial charge in [0.2, 0.25) is 0 Å². The van der Waals surface area contributed by atoms with Crippen LogP contribution in [-0.4, -0.2) is 23.5 Å². The van der Waals surface area contributed by atoms with E-state index in [0.29, 0.717) is 10.0 Å². The smallest absolute Gasteiger partial charge is 0.0641 e. The van der Waals surface area contributed by atoms with Crippen molar-refractivity contribution < 1.29 is 0 Å². The molecule has 2 atom stereocenters. The van der Waals surface area contributed by atoms with Gasteiger partial charge in [-0.3, -0.25) is 16.2 Å². The lowest BCUT2D eigenvalue weighted by Crippen LogP contribution is -2.55. The second-order valence-corrected chi connectivity index (χ2v) is 5.97. The maximum Gasteiger partial charge on any atom is 0.0641 e. The molecule has 0 aliphatic carbocycles. The average Bonchev–Trinajstić information content (AvgIpc) is 2.44. The van der Waals surface area contributed by atoms with E-state index in [2.05, 4.69) is 38.0 Å². The van der Waals surface area contributed by atoms with Crippen LogP contribution in [0, 0.1) is 0 Å². The Bertz CT molecular complexity index is 435. The molecule has 20 heavy (non-hydrogen) atoms. The molecule has 0 heterocycles. The molecule has 3 N–H and O–H groups in total. The first kappa shape index (κ1) is 17.7. The minimum absolute atomic E-state index is 0.0119. The van der Waals surface area contributed by atoms with E-state index >= 15 is 0 Å². The second kappa shape index (κ2) is 7.62. The number of benzene rings is 1. The predicted octanol–water partition coefficient (Wildman–Crippen LogP) is 4.01. The Morgan fingerprint density at radius 2 is 1.80 bits per heavy atom. The fourth-order valence-corrected chi connectivity index (χ4v) is 3.19. The van der Waals surface area contributed by atoms with Crippen molar-refractivity contribution in [2.24, 2.45) is 5.84 Å². The molecule has 5 heteroatoms. The molecule has 0 amide bonds. The Labute approximate surface area is 132 Å². The molecule has 2 unspecified atom stereocenters. The molecule has 3 nitrogen and oxygen atoms in total. The summed E-state index contributed by atoms with van der Waals surface area (Å²) in [6.07, 6.45) is 0.976. The lowest BCUT2D eigenvalue weighted by Gasteiger charge is -2.45. The van der Waals surface area contributed by atoms with E-state index in [-0.39, 0.29) is 11.6 Å². The summed E-state index contributed by atoms with van der Waals surface area (Å²) in [4.78, 5) is 2.42. The topological polar surface area (TPSA) is 41.3 Å². The van der Waals surface area contributed by atoms with Crippen LogP contribution in [0.3, 0.4) is 0 Å². The molecule has 0 bridgehead atoms. The zero-order valence-electron chi connectivity index (χ0n) is 12.7. The number of halogens is 2. The second-order valence-electron chi connectivity index (χ2n) is 5.16. The van der Waals surface area contributed by atoms with Crippen LogP contribution in [0.15, 0.2) is 18.2 Å². The SMILES string of the molecule is CCN(CC)C(C)(CC)C(NN)c1ccc(Cl)c(Cl)c1. The summed E-state index contributed by atoms with van der Waals surface area (Å²) in [6, 6.07) is 5.69. The van der Waals surface area contributed by atoms with E-state index in [1.54, 1.807) is 0 Å². The van der Waals surface area contributed by atoms with Crippen LogP contribution in [0.25, 0.3) is 0 Å². The van der Waals surface area contributed by atoms with E-state index in [1.165, 1.54) is 0 Å². The van der Waals surface area contributed by atoms with E-state index in [9.17, 15) is 0 Å². The largest absolute Gasteiger partial charge is 0.297 e. The van der Waals surface area contributed by atoms with Crippen LogP contribution in [0.5, 0.6) is 0 Å². The van der Waals surface area contributed by atoms with Crippen molar-refractivity contribution in [3.8, 4) is 0 Å². The summed E-state index contributed by atoms with van der Waals surface area (Å²) >= 11 is 12.1. The van der Waals surface area contributed by atoms with Crippen molar-refractivity contribution >= 4 is 23.2 Å². The van der Waals surface area contributed by atoms with Gasteiger partial charge < -0.3 is 0 Å². The number of hydrogen-bond acceptors (Lipinski definition) is 3. The van der Waals surface area contributed by atoms with E-state index in [1.807, 2.05) is 18.2 Å². The standard InChI is InChI=1S/C15H25Cl2N3/c1-5-15(4,20(6-2)7-3)14(19-18)11-8-9-12(16)13(17)10-11/h8-10,14,19H,5-7,18H2,1-4H3. The Morgan fingerprint density at radius 3 is 2.20 bits per heavy atom. The molecule has 1 aromatic carbocycles. The number of nitrogens with two attached hydrogens (primary N) is 1. The van der Waals surface area contributed by atoms with Gasteiger partial charge in [-0.1, -0.05) is 50.0 Å². The van der Waals surface area contributed by atoms with Gasteiger partial charge in [0, 0.05) is 5.54 Å². The summed E-state index contributed by atoms with van der Waals surface area (Å²) in [5.74, 6) is 5.85. The van der Waals surface area contributed by atoms with Gasteiger partial charge >= 0.3 is 0 Å². The molecule has 0 radical (unpaired) electrons. The Balaban J connectivity index is 3.23. The van der Waals surface area contributed by atoms with Gasteiger partial charge in [0.1, 0.15) is 0 Å². The molecule has 0 aliphatic heterocycles. The van der Waals surface area contributed by atoms with E-state index < -0.39 is 0 Å². The van der Waals surface area contributed by atoms with Crippen molar-refractivity contribution in [1.29, 1.82) is 0 Å². The van der Waals surface area contributed by atoms with Crippen molar-refractivity contribution in [2.45, 2.75) is 45.7 Å². The summed E-state index contributed by atoms with van der Waals surface area (Å²) in [5, 5.41) is 1.12. The van der Waals surface area contributed by atoms with Crippen molar-refractivity contribution in [1.82, 2.24) is 10.3 Å². The molecule has 0 saturated carbocycles. The van der Waals surface area contributed by atoms with E-state index in [0.717, 1.165) is 25.1 Å². The fourth-order valence-electron chi connectivity index (χ4n) is 2.88. The first-order valence-electron chi connectivity index (χ1n) is 7.10. The van der Waals surface area contributed by atoms with Crippen LogP contribution in [-0.2, 0) is 0 Å². The number of likely N-dealkylation sites (N-methyl/N-ethyl adjacent to an activating group) is 1. The molecule has 114 valence electrons. The molecule has 0 aromatic heterocycles. The highest BCUT2D eigenvalue weighted by Gasteiger charge is 2.37. The molecule has 1 rings (SSSR count). The Kier molecular flexibility index (Phi) is 6.76. The van der Waals surface area contributed by atoms with Gasteiger partial charge in [0.15, 0.2) is 0 Å². The minimum Gasteiger partial charge on any atom is -0.297 e. The number of nitrogens with one attached hydrogen (secondary N) is 1. The van der Waals surface area contributed by atoms with Crippen LogP contribution in [0.2, 0.25) is 10.0 Å². The molecule has 0 saturated heterocycles. The molecular weight excluding hydrogens is 293 g/mol. The van der Waals surface area contributed by atoms with Gasteiger partial charge in [-0.15, -0.1) is 0 Å². The summed E-state index contributed by atoms with van der Waals surface area (Å²) in [5.41, 5.74) is 3.93. The predicted molar refractivity (Wildman–Crippen MR) is 88.1 cm³/mol. The van der Waals surface area contributed by atoms with Crippen LogP contribution < -0.4 is 11.3 Å². The third-order valence-corrected chi connectivity index (χ3v) is 5.01. The van der Waals surface area contributed by atoms with Gasteiger partial charge in [0.05, 0.1) is 16.1 Å². The van der Waals surface area contributed by atoms with Gasteiger partial charge in [-0.2, -0.15) is 0 Å². The Hall–Kier alpha value is -0.320. The molecule has 0 spiro atoms. The first-order chi connectivity index (χ1) is 9.44. The number of nitrogens with zero attached hydrogens (tertiary/aromatic N) is 1. The third kappa shape index (κ3) is 3.46. The zero-order valence-corrected chi connectivity index (χ0v) is 14.2. The van der Waals surface area contributed by atoms with Crippen LogP contribution in [0.4, 0.5) is 0 Å². The van der Waals surface area contributed by atoms with Gasteiger partial charge in [-0.05, 0) is 44.1 Å². The van der Waals surface area contributed by atoms with Gasteiger partial charge in [-0.25, -0.2) is 0 Å². The highest BCUT2D eigenvalue weighted by Crippen LogP contribution is 2.35. The third-order valence-electron chi connectivity index (χ3n) is 4.27. The lowest BCUT2D eigenvalue weighted by atomic mass is 9.83. The average molecular weight is 318 g/mol. The van der Waals surface area contributed by atoms with Crippen LogP contribution >= 0.6 is 23.2 Å². The van der Waals surface area contributed by atoms with Crippen LogP contribution in [0.1, 0.15) is 45.7 Å². The molecule has 0 aliphatic rings. The highest BCUT2D eigenvalue weighted by molar-refractivity contribution is 6.42. The number of rotatable bonds is 7. The number of hydrogen-bond donors (Lipinski definition) is 2. The lowest BCUT2D eigenvalue weighted by molar-refractivity contribution is 0.0698. The highest BCUT2D eigenvalue weighted by atomic mass is 35.5. The monoisotopic (exact) mass is 317 g/mol. The number of hydrazine groups is 1. The maximum absolute atomic E-state index is 6.14. The minimum atomic E-state index is -0.0879. The van der Waals surface area contributed by atoms with Crippen molar-refractivity contribution in [2.75, 3.05) is 13.1 Å². The molecule has 1 aromatic rings. The van der Waals surface area contributed by atoms with E-state index in [4.69, 9.17) is 29.0 Å². The quantitative estimate of drug-likeness (QED) is 0.589. The Morgan fingerprint density at radius 1 is 1.20 bits per heavy atom. The molecule has 0 fully saturated rings.